The first-order valence-electron chi connectivity index (χ1n) is 13.9. The molecule has 3 aromatic carbocycles. The summed E-state index contributed by atoms with van der Waals surface area (Å²) in [4.78, 5) is 29.2. The number of carbonyl (C=O) groups excluding carboxylic acids is 2. The Balaban J connectivity index is 2.02. The van der Waals surface area contributed by atoms with Gasteiger partial charge in [-0.05, 0) is 48.6 Å². The second kappa shape index (κ2) is 14.7. The Hall–Kier alpha value is -3.65. The zero-order valence-corrected chi connectivity index (χ0v) is 24.8. The molecule has 0 saturated heterocycles. The third-order valence-corrected chi connectivity index (χ3v) is 7.99. The molecule has 1 N–H and O–H groups in total. The number of rotatable bonds is 14. The van der Waals surface area contributed by atoms with E-state index >= 15 is 0 Å². The van der Waals surface area contributed by atoms with Crippen LogP contribution in [0.2, 0.25) is 0 Å². The minimum absolute atomic E-state index is 0.172. The Morgan fingerprint density at radius 2 is 1.55 bits per heavy atom. The fraction of sp³-hybridized carbons (Fsp3) is 0.375. The van der Waals surface area contributed by atoms with Crippen LogP contribution < -0.4 is 9.62 Å². The summed E-state index contributed by atoms with van der Waals surface area (Å²) < 4.78 is 26.9. The number of anilines is 1. The number of carbonyl (C=O) groups is 2. The van der Waals surface area contributed by atoms with Crippen molar-refractivity contribution in [1.82, 2.24) is 10.2 Å². The van der Waals surface area contributed by atoms with Gasteiger partial charge >= 0.3 is 0 Å². The lowest BCUT2D eigenvalue weighted by molar-refractivity contribution is -0.140. The van der Waals surface area contributed by atoms with Gasteiger partial charge < -0.3 is 10.2 Å². The molecule has 0 aliphatic rings. The maximum absolute atomic E-state index is 14.1. The van der Waals surface area contributed by atoms with E-state index in [4.69, 9.17) is 0 Å². The van der Waals surface area contributed by atoms with Gasteiger partial charge in [0.05, 0.1) is 11.9 Å². The van der Waals surface area contributed by atoms with Crippen LogP contribution in [0.15, 0.2) is 78.9 Å². The fourth-order valence-electron chi connectivity index (χ4n) is 4.58. The molecule has 0 saturated carbocycles. The highest BCUT2D eigenvalue weighted by molar-refractivity contribution is 7.92. The van der Waals surface area contributed by atoms with Crippen LogP contribution in [0.4, 0.5) is 5.69 Å². The molecule has 0 heterocycles. The highest BCUT2D eigenvalue weighted by atomic mass is 32.2. The molecule has 0 radical (unpaired) electrons. The SMILES string of the molecule is CCCCNC(=O)[C@@H](Cc1ccccc1)N(Cc1cccc(C)c1)C(=O)CN(c1ccc(CC)cc1)S(C)(=O)=O. The van der Waals surface area contributed by atoms with Gasteiger partial charge in [0, 0.05) is 19.5 Å². The number of nitrogens with zero attached hydrogens (tertiary/aromatic N) is 2. The molecule has 0 aromatic heterocycles. The molecule has 7 nitrogen and oxygen atoms in total. The van der Waals surface area contributed by atoms with Gasteiger partial charge in [0.25, 0.3) is 0 Å². The molecule has 214 valence electrons. The van der Waals surface area contributed by atoms with Crippen molar-refractivity contribution in [2.45, 2.75) is 59.0 Å². The molecule has 0 aliphatic heterocycles. The molecule has 1 atom stereocenters. The number of nitrogens with one attached hydrogen (secondary N) is 1. The zero-order chi connectivity index (χ0) is 29.1. The van der Waals surface area contributed by atoms with Crippen molar-refractivity contribution in [3.8, 4) is 0 Å². The second-order valence-corrected chi connectivity index (χ2v) is 12.1. The first-order chi connectivity index (χ1) is 19.1. The fourth-order valence-corrected chi connectivity index (χ4v) is 5.43. The van der Waals surface area contributed by atoms with E-state index in [1.807, 2.05) is 87.5 Å². The highest BCUT2D eigenvalue weighted by Crippen LogP contribution is 2.21. The maximum atomic E-state index is 14.1. The number of hydrogen-bond donors (Lipinski definition) is 1. The molecule has 40 heavy (non-hydrogen) atoms. The molecule has 2 amide bonds. The molecule has 0 bridgehead atoms. The number of hydrogen-bond acceptors (Lipinski definition) is 4. The van der Waals surface area contributed by atoms with E-state index in [0.717, 1.165) is 52.1 Å². The van der Waals surface area contributed by atoms with Crippen LogP contribution in [0.3, 0.4) is 0 Å². The summed E-state index contributed by atoms with van der Waals surface area (Å²) in [6.45, 7) is 6.31. The van der Waals surface area contributed by atoms with E-state index in [0.29, 0.717) is 18.7 Å². The smallest absolute Gasteiger partial charge is 0.244 e. The average molecular weight is 564 g/mol. The Kier molecular flexibility index (Phi) is 11.3. The van der Waals surface area contributed by atoms with Crippen LogP contribution in [0.25, 0.3) is 0 Å². The van der Waals surface area contributed by atoms with Crippen molar-refractivity contribution in [3.63, 3.8) is 0 Å². The van der Waals surface area contributed by atoms with Crippen LogP contribution in [0, 0.1) is 6.92 Å². The predicted octanol–water partition coefficient (Wildman–Crippen LogP) is 4.88. The van der Waals surface area contributed by atoms with Crippen molar-refractivity contribution in [2.24, 2.45) is 0 Å². The largest absolute Gasteiger partial charge is 0.354 e. The second-order valence-electron chi connectivity index (χ2n) is 10.2. The van der Waals surface area contributed by atoms with Crippen molar-refractivity contribution < 1.29 is 18.0 Å². The van der Waals surface area contributed by atoms with Gasteiger partial charge in [-0.15, -0.1) is 0 Å². The summed E-state index contributed by atoms with van der Waals surface area (Å²) in [5.41, 5.74) is 4.29. The zero-order valence-electron chi connectivity index (χ0n) is 24.0. The third kappa shape index (κ3) is 8.95. The van der Waals surface area contributed by atoms with Gasteiger partial charge in [0.2, 0.25) is 21.8 Å². The molecular weight excluding hydrogens is 522 g/mol. The number of unbranched alkanes of at least 4 members (excludes halogenated alkanes) is 1. The average Bonchev–Trinajstić information content (AvgIpc) is 2.93. The van der Waals surface area contributed by atoms with E-state index in [2.05, 4.69) is 5.32 Å². The Morgan fingerprint density at radius 3 is 2.15 bits per heavy atom. The van der Waals surface area contributed by atoms with E-state index < -0.39 is 28.5 Å². The summed E-state index contributed by atoms with van der Waals surface area (Å²) in [6.07, 6.45) is 3.97. The van der Waals surface area contributed by atoms with Crippen LogP contribution in [-0.4, -0.2) is 50.5 Å². The summed E-state index contributed by atoms with van der Waals surface area (Å²) in [5, 5.41) is 3.00. The van der Waals surface area contributed by atoms with Gasteiger partial charge in [-0.25, -0.2) is 8.42 Å². The summed E-state index contributed by atoms with van der Waals surface area (Å²) >= 11 is 0. The first kappa shape index (κ1) is 30.9. The van der Waals surface area contributed by atoms with Gasteiger partial charge in [0.15, 0.2) is 0 Å². The van der Waals surface area contributed by atoms with Crippen LogP contribution in [0.1, 0.15) is 48.9 Å². The monoisotopic (exact) mass is 563 g/mol. The van der Waals surface area contributed by atoms with E-state index in [1.54, 1.807) is 12.1 Å². The van der Waals surface area contributed by atoms with E-state index in [-0.39, 0.29) is 12.5 Å². The van der Waals surface area contributed by atoms with E-state index in [1.165, 1.54) is 4.90 Å². The Labute approximate surface area is 239 Å². The minimum Gasteiger partial charge on any atom is -0.354 e. The van der Waals surface area contributed by atoms with Crippen LogP contribution in [0.5, 0.6) is 0 Å². The number of benzene rings is 3. The van der Waals surface area contributed by atoms with Gasteiger partial charge in [-0.3, -0.25) is 13.9 Å². The molecule has 0 fully saturated rings. The highest BCUT2D eigenvalue weighted by Gasteiger charge is 2.33. The summed E-state index contributed by atoms with van der Waals surface area (Å²) in [6, 6.07) is 23.7. The minimum atomic E-state index is -3.78. The van der Waals surface area contributed by atoms with Gasteiger partial charge in [-0.2, -0.15) is 0 Å². The molecule has 3 rings (SSSR count). The third-order valence-electron chi connectivity index (χ3n) is 6.85. The maximum Gasteiger partial charge on any atom is 0.244 e. The molecule has 0 unspecified atom stereocenters. The first-order valence-corrected chi connectivity index (χ1v) is 15.7. The van der Waals surface area contributed by atoms with Gasteiger partial charge in [-0.1, -0.05) is 92.6 Å². The lowest BCUT2D eigenvalue weighted by atomic mass is 10.0. The lowest BCUT2D eigenvalue weighted by Crippen LogP contribution is -2.53. The standard InChI is InChI=1S/C32H41N3O4S/c1-5-7-20-33-32(37)30(22-27-13-9-8-10-14-27)34(23-28-15-11-12-25(3)21-28)31(36)24-35(40(4,38)39)29-18-16-26(6-2)17-19-29/h8-19,21,30H,5-7,20,22-24H2,1-4H3,(H,33,37)/t30-/m1/s1. The summed E-state index contributed by atoms with van der Waals surface area (Å²) in [7, 11) is -3.78. The molecular formula is C32H41N3O4S. The molecule has 0 aliphatic carbocycles. The molecule has 8 heteroatoms. The Bertz CT molecular complexity index is 1360. The van der Waals surface area contributed by atoms with Crippen LogP contribution >= 0.6 is 0 Å². The number of sulfonamides is 1. The van der Waals surface area contributed by atoms with Crippen LogP contribution in [-0.2, 0) is 39.0 Å². The van der Waals surface area contributed by atoms with Crippen molar-refractivity contribution >= 4 is 27.5 Å². The normalized spacial score (nSPS) is 12.0. The summed E-state index contributed by atoms with van der Waals surface area (Å²) in [5.74, 6) is -0.699. The van der Waals surface area contributed by atoms with Crippen molar-refractivity contribution in [3.05, 3.63) is 101 Å². The lowest BCUT2D eigenvalue weighted by Gasteiger charge is -2.33. The predicted molar refractivity (Wildman–Crippen MR) is 162 cm³/mol. The number of aryl methyl sites for hydroxylation is 2. The molecule has 0 spiro atoms. The van der Waals surface area contributed by atoms with Crippen molar-refractivity contribution in [2.75, 3.05) is 23.7 Å². The number of amides is 2. The Morgan fingerprint density at radius 1 is 0.875 bits per heavy atom. The molecule has 3 aromatic rings. The van der Waals surface area contributed by atoms with Crippen molar-refractivity contribution in [1.29, 1.82) is 0 Å². The topological polar surface area (TPSA) is 86.8 Å². The van der Waals surface area contributed by atoms with Gasteiger partial charge in [0.1, 0.15) is 12.6 Å². The van der Waals surface area contributed by atoms with E-state index in [9.17, 15) is 18.0 Å². The quantitative estimate of drug-likeness (QED) is 0.283.